The first-order chi connectivity index (χ1) is 10.5. The van der Waals surface area contributed by atoms with Crippen LogP contribution < -0.4 is 4.74 Å². The Kier molecular flexibility index (Phi) is 6.05. The highest BCUT2D eigenvalue weighted by atomic mass is 35.5. The van der Waals surface area contributed by atoms with Crippen molar-refractivity contribution < 1.29 is 17.9 Å². The van der Waals surface area contributed by atoms with E-state index in [0.29, 0.717) is 43.6 Å². The number of hydrogen-bond donors (Lipinski definition) is 0. The standard InChI is InChI=1S/C14H21ClN2O4S/c1-20-10-9-16-5-7-17(8-6-16)22(18,19)12-3-4-14(21-2)13(15)11-12/h3-4,11H,5-10H2,1-2H3. The van der Waals surface area contributed by atoms with Crippen molar-refractivity contribution in [2.45, 2.75) is 4.90 Å². The van der Waals surface area contributed by atoms with Crippen LogP contribution in [0, 0.1) is 0 Å². The average Bonchev–Trinajstić information content (AvgIpc) is 2.53. The molecule has 0 aromatic heterocycles. The highest BCUT2D eigenvalue weighted by Gasteiger charge is 2.28. The number of ether oxygens (including phenoxy) is 2. The van der Waals surface area contributed by atoms with Gasteiger partial charge in [0.05, 0.1) is 23.6 Å². The van der Waals surface area contributed by atoms with E-state index in [1.165, 1.54) is 23.5 Å². The first kappa shape index (κ1) is 17.5. The summed E-state index contributed by atoms with van der Waals surface area (Å²) in [4.78, 5) is 2.39. The molecule has 0 radical (unpaired) electrons. The predicted octanol–water partition coefficient (Wildman–Crippen LogP) is 1.30. The lowest BCUT2D eigenvalue weighted by molar-refractivity contribution is 0.123. The van der Waals surface area contributed by atoms with Crippen LogP contribution in [-0.4, -0.2) is 71.2 Å². The number of halogens is 1. The van der Waals surface area contributed by atoms with Gasteiger partial charge in [-0.3, -0.25) is 4.90 Å². The molecule has 0 spiro atoms. The van der Waals surface area contributed by atoms with Gasteiger partial charge in [0.25, 0.3) is 0 Å². The second kappa shape index (κ2) is 7.61. The van der Waals surface area contributed by atoms with Crippen LogP contribution in [-0.2, 0) is 14.8 Å². The van der Waals surface area contributed by atoms with Crippen LogP contribution in [0.5, 0.6) is 5.75 Å². The van der Waals surface area contributed by atoms with E-state index in [9.17, 15) is 8.42 Å². The van der Waals surface area contributed by atoms with Gasteiger partial charge < -0.3 is 9.47 Å². The Balaban J connectivity index is 2.07. The van der Waals surface area contributed by atoms with E-state index >= 15 is 0 Å². The third-order valence-electron chi connectivity index (χ3n) is 3.70. The Bertz CT molecular complexity index is 601. The Hall–Kier alpha value is -0.860. The van der Waals surface area contributed by atoms with E-state index in [4.69, 9.17) is 21.1 Å². The van der Waals surface area contributed by atoms with Crippen LogP contribution in [0.2, 0.25) is 5.02 Å². The van der Waals surface area contributed by atoms with Crippen molar-refractivity contribution in [2.75, 3.05) is 53.6 Å². The van der Waals surface area contributed by atoms with Crippen LogP contribution >= 0.6 is 11.6 Å². The first-order valence-electron chi connectivity index (χ1n) is 7.04. The van der Waals surface area contributed by atoms with Crippen LogP contribution in [0.3, 0.4) is 0 Å². The van der Waals surface area contributed by atoms with Gasteiger partial charge in [0, 0.05) is 39.8 Å². The summed E-state index contributed by atoms with van der Waals surface area (Å²) in [7, 11) is -0.363. The lowest BCUT2D eigenvalue weighted by Crippen LogP contribution is -2.49. The number of nitrogens with zero attached hydrogens (tertiary/aromatic N) is 2. The van der Waals surface area contributed by atoms with Crippen LogP contribution in [0.15, 0.2) is 23.1 Å². The van der Waals surface area contributed by atoms with Crippen molar-refractivity contribution in [3.05, 3.63) is 23.2 Å². The molecule has 0 amide bonds. The normalized spacial score (nSPS) is 17.6. The SMILES string of the molecule is COCCN1CCN(S(=O)(=O)c2ccc(OC)c(Cl)c2)CC1. The Morgan fingerprint density at radius 1 is 1.18 bits per heavy atom. The summed E-state index contributed by atoms with van der Waals surface area (Å²) in [5.41, 5.74) is 0. The van der Waals surface area contributed by atoms with Gasteiger partial charge in [0.15, 0.2) is 0 Å². The van der Waals surface area contributed by atoms with E-state index in [0.717, 1.165) is 6.54 Å². The molecule has 8 heteroatoms. The van der Waals surface area contributed by atoms with Crippen molar-refractivity contribution in [2.24, 2.45) is 0 Å². The van der Waals surface area contributed by atoms with E-state index < -0.39 is 10.0 Å². The monoisotopic (exact) mass is 348 g/mol. The van der Waals surface area contributed by atoms with E-state index in [1.54, 1.807) is 13.2 Å². The fraction of sp³-hybridized carbons (Fsp3) is 0.571. The van der Waals surface area contributed by atoms with Crippen LogP contribution in [0.1, 0.15) is 0 Å². The lowest BCUT2D eigenvalue weighted by Gasteiger charge is -2.33. The molecule has 1 aromatic carbocycles. The smallest absolute Gasteiger partial charge is 0.243 e. The topological polar surface area (TPSA) is 59.1 Å². The summed E-state index contributed by atoms with van der Waals surface area (Å²) in [5.74, 6) is 0.463. The van der Waals surface area contributed by atoms with Crippen molar-refractivity contribution in [1.29, 1.82) is 0 Å². The minimum Gasteiger partial charge on any atom is -0.495 e. The molecule has 22 heavy (non-hydrogen) atoms. The maximum Gasteiger partial charge on any atom is 0.243 e. The number of benzene rings is 1. The summed E-state index contributed by atoms with van der Waals surface area (Å²) in [5, 5.41) is 0.294. The molecule has 0 aliphatic carbocycles. The van der Waals surface area contributed by atoms with E-state index in [-0.39, 0.29) is 4.90 Å². The van der Waals surface area contributed by atoms with Gasteiger partial charge in [-0.25, -0.2) is 8.42 Å². The molecule has 0 unspecified atom stereocenters. The maximum absolute atomic E-state index is 12.6. The molecule has 6 nitrogen and oxygen atoms in total. The van der Waals surface area contributed by atoms with Crippen molar-refractivity contribution in [3.8, 4) is 5.75 Å². The molecule has 1 heterocycles. The van der Waals surface area contributed by atoms with Crippen molar-refractivity contribution in [3.63, 3.8) is 0 Å². The molecule has 1 saturated heterocycles. The lowest BCUT2D eigenvalue weighted by atomic mass is 10.3. The molecule has 1 aliphatic heterocycles. The summed E-state index contributed by atoms with van der Waals surface area (Å²) in [6, 6.07) is 4.54. The molecule has 1 aliphatic rings. The van der Waals surface area contributed by atoms with E-state index in [1.807, 2.05) is 0 Å². The molecule has 1 aromatic rings. The van der Waals surface area contributed by atoms with Crippen molar-refractivity contribution >= 4 is 21.6 Å². The summed E-state index contributed by atoms with van der Waals surface area (Å²) in [6.45, 7) is 3.81. The van der Waals surface area contributed by atoms with Gasteiger partial charge in [-0.1, -0.05) is 11.6 Å². The Morgan fingerprint density at radius 2 is 1.86 bits per heavy atom. The third-order valence-corrected chi connectivity index (χ3v) is 5.89. The molecular formula is C14H21ClN2O4S. The Labute approximate surface area is 136 Å². The molecule has 0 N–H and O–H groups in total. The quantitative estimate of drug-likeness (QED) is 0.775. The zero-order valence-electron chi connectivity index (χ0n) is 12.8. The van der Waals surface area contributed by atoms with Gasteiger partial charge in [-0.2, -0.15) is 4.31 Å². The number of piperazine rings is 1. The largest absolute Gasteiger partial charge is 0.495 e. The van der Waals surface area contributed by atoms with Crippen molar-refractivity contribution in [1.82, 2.24) is 9.21 Å². The molecule has 2 rings (SSSR count). The zero-order chi connectivity index (χ0) is 16.2. The molecule has 0 bridgehead atoms. The molecular weight excluding hydrogens is 328 g/mol. The zero-order valence-corrected chi connectivity index (χ0v) is 14.4. The maximum atomic E-state index is 12.6. The number of rotatable bonds is 6. The highest BCUT2D eigenvalue weighted by molar-refractivity contribution is 7.89. The summed E-state index contributed by atoms with van der Waals surface area (Å²) < 4.78 is 36.9. The summed E-state index contributed by atoms with van der Waals surface area (Å²) in [6.07, 6.45) is 0. The fourth-order valence-electron chi connectivity index (χ4n) is 2.37. The minimum atomic E-state index is -3.52. The molecule has 0 atom stereocenters. The molecule has 0 saturated carbocycles. The third kappa shape index (κ3) is 3.91. The van der Waals surface area contributed by atoms with Gasteiger partial charge in [-0.05, 0) is 18.2 Å². The number of sulfonamides is 1. The predicted molar refractivity (Wildman–Crippen MR) is 85.1 cm³/mol. The van der Waals surface area contributed by atoms with Crippen LogP contribution in [0.25, 0.3) is 0 Å². The van der Waals surface area contributed by atoms with Gasteiger partial charge in [0.1, 0.15) is 5.75 Å². The minimum absolute atomic E-state index is 0.198. The number of methoxy groups -OCH3 is 2. The highest BCUT2D eigenvalue weighted by Crippen LogP contribution is 2.28. The second-order valence-electron chi connectivity index (χ2n) is 5.03. The van der Waals surface area contributed by atoms with Gasteiger partial charge >= 0.3 is 0 Å². The van der Waals surface area contributed by atoms with E-state index in [2.05, 4.69) is 4.90 Å². The van der Waals surface area contributed by atoms with Crippen LogP contribution in [0.4, 0.5) is 0 Å². The average molecular weight is 349 g/mol. The summed E-state index contributed by atoms with van der Waals surface area (Å²) >= 11 is 6.02. The second-order valence-corrected chi connectivity index (χ2v) is 7.38. The fourth-order valence-corrected chi connectivity index (χ4v) is 4.14. The van der Waals surface area contributed by atoms with Gasteiger partial charge in [-0.15, -0.1) is 0 Å². The molecule has 124 valence electrons. The number of hydrogen-bond acceptors (Lipinski definition) is 5. The van der Waals surface area contributed by atoms with Gasteiger partial charge in [0.2, 0.25) is 10.0 Å². The molecule has 1 fully saturated rings. The first-order valence-corrected chi connectivity index (χ1v) is 8.86. The Morgan fingerprint density at radius 3 is 2.41 bits per heavy atom.